The van der Waals surface area contributed by atoms with Crippen LogP contribution in [-0.2, 0) is 0 Å². The fourth-order valence-electron chi connectivity index (χ4n) is 1.06. The molecule has 0 heterocycles. The van der Waals surface area contributed by atoms with Crippen LogP contribution < -0.4 is 0 Å². The summed E-state index contributed by atoms with van der Waals surface area (Å²) in [5, 5.41) is 10.2. The van der Waals surface area contributed by atoms with Gasteiger partial charge in [0.25, 0.3) is 12.1 Å². The Morgan fingerprint density at radius 3 is 2.50 bits per heavy atom. The molecule has 0 saturated carbocycles. The van der Waals surface area contributed by atoms with Crippen LogP contribution in [0.4, 0.5) is 14.5 Å². The minimum Gasteiger partial charge on any atom is -0.258 e. The van der Waals surface area contributed by atoms with E-state index in [2.05, 4.69) is 0 Å². The van der Waals surface area contributed by atoms with Crippen LogP contribution in [0.15, 0.2) is 12.1 Å². The van der Waals surface area contributed by atoms with Crippen molar-refractivity contribution in [1.82, 2.24) is 0 Å². The van der Waals surface area contributed by atoms with Gasteiger partial charge in [0.1, 0.15) is 5.56 Å². The number of aryl methyl sites for hydroxylation is 1. The lowest BCUT2D eigenvalue weighted by Crippen LogP contribution is -1.98. The Morgan fingerprint density at radius 2 is 2.07 bits per heavy atom. The first-order chi connectivity index (χ1) is 6.45. The Labute approximate surface area is 83.4 Å². The maximum atomic E-state index is 12.4. The molecule has 0 aliphatic heterocycles. The number of rotatable bonds is 2. The highest BCUT2D eigenvalue weighted by Crippen LogP contribution is 2.36. The molecule has 1 aromatic carbocycles. The quantitative estimate of drug-likeness (QED) is 0.567. The summed E-state index contributed by atoms with van der Waals surface area (Å²) in [5.41, 5.74) is -0.958. The number of alkyl halides is 2. The maximum absolute atomic E-state index is 12.4. The lowest BCUT2D eigenvalue weighted by Gasteiger charge is -2.06. The van der Waals surface area contributed by atoms with Gasteiger partial charge >= 0.3 is 0 Å². The molecule has 6 heteroatoms. The van der Waals surface area contributed by atoms with Gasteiger partial charge in [0.2, 0.25) is 0 Å². The first kappa shape index (κ1) is 10.8. The lowest BCUT2D eigenvalue weighted by atomic mass is 10.1. The van der Waals surface area contributed by atoms with E-state index in [1.165, 1.54) is 13.0 Å². The molecule has 14 heavy (non-hydrogen) atoms. The van der Waals surface area contributed by atoms with Crippen LogP contribution in [0.1, 0.15) is 17.6 Å². The van der Waals surface area contributed by atoms with Crippen LogP contribution in [0.5, 0.6) is 0 Å². The third kappa shape index (κ3) is 1.82. The van der Waals surface area contributed by atoms with E-state index in [1.54, 1.807) is 0 Å². The Hall–Kier alpha value is -1.23. The highest BCUT2D eigenvalue weighted by atomic mass is 35.5. The molecule has 0 spiro atoms. The molecule has 0 radical (unpaired) electrons. The second kappa shape index (κ2) is 3.88. The second-order valence-corrected chi connectivity index (χ2v) is 3.07. The van der Waals surface area contributed by atoms with Crippen LogP contribution >= 0.6 is 11.6 Å². The van der Waals surface area contributed by atoms with Crippen molar-refractivity contribution in [3.63, 3.8) is 0 Å². The van der Waals surface area contributed by atoms with Gasteiger partial charge in [-0.15, -0.1) is 0 Å². The van der Waals surface area contributed by atoms with E-state index in [-0.39, 0.29) is 5.02 Å². The third-order valence-electron chi connectivity index (χ3n) is 1.76. The number of nitrogens with zero attached hydrogens (tertiary/aromatic N) is 1. The molecule has 1 rings (SSSR count). The van der Waals surface area contributed by atoms with E-state index < -0.39 is 22.6 Å². The molecular weight excluding hydrogens is 216 g/mol. The molecule has 0 aliphatic rings. The van der Waals surface area contributed by atoms with Crippen molar-refractivity contribution >= 4 is 17.3 Å². The molecule has 0 aliphatic carbocycles. The summed E-state index contributed by atoms with van der Waals surface area (Å²) in [6, 6.07) is 2.37. The Balaban J connectivity index is 3.45. The molecule has 0 unspecified atom stereocenters. The SMILES string of the molecule is Cc1ccc([N+](=O)[O-])c(C(F)F)c1Cl. The summed E-state index contributed by atoms with van der Waals surface area (Å²) < 4.78 is 24.9. The molecule has 1 aromatic rings. The summed E-state index contributed by atoms with van der Waals surface area (Å²) in [5.74, 6) is 0. The molecule has 0 aromatic heterocycles. The highest BCUT2D eigenvalue weighted by Gasteiger charge is 2.25. The number of benzene rings is 1. The zero-order valence-electron chi connectivity index (χ0n) is 7.13. The van der Waals surface area contributed by atoms with Gasteiger partial charge in [0.05, 0.1) is 9.95 Å². The van der Waals surface area contributed by atoms with E-state index in [9.17, 15) is 18.9 Å². The number of nitro groups is 1. The van der Waals surface area contributed by atoms with Crippen molar-refractivity contribution in [1.29, 1.82) is 0 Å². The highest BCUT2D eigenvalue weighted by molar-refractivity contribution is 6.32. The zero-order valence-corrected chi connectivity index (χ0v) is 7.89. The maximum Gasteiger partial charge on any atom is 0.279 e. The predicted octanol–water partition coefficient (Wildman–Crippen LogP) is 3.49. The van der Waals surface area contributed by atoms with Gasteiger partial charge in [-0.3, -0.25) is 10.1 Å². The molecule has 0 N–H and O–H groups in total. The zero-order chi connectivity index (χ0) is 10.9. The summed E-state index contributed by atoms with van der Waals surface area (Å²) in [6.45, 7) is 1.51. The van der Waals surface area contributed by atoms with E-state index in [1.807, 2.05) is 0 Å². The van der Waals surface area contributed by atoms with Gasteiger partial charge in [0, 0.05) is 6.07 Å². The van der Waals surface area contributed by atoms with Crippen molar-refractivity contribution < 1.29 is 13.7 Å². The van der Waals surface area contributed by atoms with Crippen LogP contribution in [0.25, 0.3) is 0 Å². The van der Waals surface area contributed by atoms with Crippen molar-refractivity contribution in [2.45, 2.75) is 13.3 Å². The van der Waals surface area contributed by atoms with E-state index in [0.29, 0.717) is 5.56 Å². The summed E-state index contributed by atoms with van der Waals surface area (Å²) in [7, 11) is 0. The van der Waals surface area contributed by atoms with Gasteiger partial charge in [-0.25, -0.2) is 8.78 Å². The largest absolute Gasteiger partial charge is 0.279 e. The van der Waals surface area contributed by atoms with E-state index >= 15 is 0 Å². The molecule has 3 nitrogen and oxygen atoms in total. The lowest BCUT2D eigenvalue weighted by molar-refractivity contribution is -0.386. The Morgan fingerprint density at radius 1 is 1.50 bits per heavy atom. The predicted molar refractivity (Wildman–Crippen MR) is 47.8 cm³/mol. The first-order valence-electron chi connectivity index (χ1n) is 3.66. The summed E-state index contributed by atoms with van der Waals surface area (Å²) >= 11 is 5.55. The van der Waals surface area contributed by atoms with E-state index in [0.717, 1.165) is 6.07 Å². The third-order valence-corrected chi connectivity index (χ3v) is 2.27. The number of halogens is 3. The molecule has 0 bridgehead atoms. The molecule has 0 atom stereocenters. The fourth-order valence-corrected chi connectivity index (χ4v) is 1.30. The van der Waals surface area contributed by atoms with Gasteiger partial charge < -0.3 is 0 Å². The average Bonchev–Trinajstić information content (AvgIpc) is 2.08. The summed E-state index contributed by atoms with van der Waals surface area (Å²) in [6.07, 6.45) is -2.94. The van der Waals surface area contributed by atoms with Crippen molar-refractivity contribution in [2.24, 2.45) is 0 Å². The Kier molecular flexibility index (Phi) is 3.00. The van der Waals surface area contributed by atoms with Gasteiger partial charge in [-0.05, 0) is 12.5 Å². The van der Waals surface area contributed by atoms with Crippen molar-refractivity contribution in [3.05, 3.63) is 38.4 Å². The van der Waals surface area contributed by atoms with Crippen LogP contribution in [-0.4, -0.2) is 4.92 Å². The molecule has 0 fully saturated rings. The molecule has 0 saturated heterocycles. The topological polar surface area (TPSA) is 43.1 Å². The van der Waals surface area contributed by atoms with Crippen molar-refractivity contribution in [2.75, 3.05) is 0 Å². The minimum absolute atomic E-state index is 0.241. The van der Waals surface area contributed by atoms with Crippen molar-refractivity contribution in [3.8, 4) is 0 Å². The summed E-state index contributed by atoms with van der Waals surface area (Å²) in [4.78, 5) is 9.54. The normalized spacial score (nSPS) is 10.6. The Bertz CT molecular complexity index is 382. The average molecular weight is 222 g/mol. The monoisotopic (exact) mass is 221 g/mol. The molecule has 0 amide bonds. The minimum atomic E-state index is -2.94. The van der Waals surface area contributed by atoms with Gasteiger partial charge in [-0.1, -0.05) is 17.7 Å². The number of nitro benzene ring substituents is 1. The second-order valence-electron chi connectivity index (χ2n) is 2.69. The van der Waals surface area contributed by atoms with E-state index in [4.69, 9.17) is 11.6 Å². The number of hydrogen-bond donors (Lipinski definition) is 0. The smallest absolute Gasteiger partial charge is 0.258 e. The van der Waals surface area contributed by atoms with Gasteiger partial charge in [0.15, 0.2) is 0 Å². The molecule has 76 valence electrons. The van der Waals surface area contributed by atoms with Gasteiger partial charge in [-0.2, -0.15) is 0 Å². The van der Waals surface area contributed by atoms with Crippen LogP contribution in [0.3, 0.4) is 0 Å². The first-order valence-corrected chi connectivity index (χ1v) is 4.04. The van der Waals surface area contributed by atoms with Crippen LogP contribution in [0, 0.1) is 17.0 Å². The number of hydrogen-bond acceptors (Lipinski definition) is 2. The fraction of sp³-hybridized carbons (Fsp3) is 0.250. The van der Waals surface area contributed by atoms with Crippen LogP contribution in [0.2, 0.25) is 5.02 Å². The molecular formula is C8H6ClF2NO2. The standard InChI is InChI=1S/C8H6ClF2NO2/c1-4-2-3-5(12(13)14)6(7(4)9)8(10)11/h2-3,8H,1H3.